The molecule has 1 aromatic heterocycles. The largest absolute Gasteiger partial charge is 0.467 e. The number of carbonyl (C=O) groups is 1. The van der Waals surface area contributed by atoms with Crippen molar-refractivity contribution in [3.63, 3.8) is 0 Å². The summed E-state index contributed by atoms with van der Waals surface area (Å²) in [7, 11) is 5.21. The molecule has 0 spiro atoms. The molecule has 1 N–H and O–H groups in total. The highest BCUT2D eigenvalue weighted by molar-refractivity contribution is 5.93. The zero-order valence-corrected chi connectivity index (χ0v) is 14.0. The summed E-state index contributed by atoms with van der Waals surface area (Å²) in [4.78, 5) is 22.3. The summed E-state index contributed by atoms with van der Waals surface area (Å²) in [5.41, 5.74) is 2.92. The number of carbonyl (C=O) groups excluding carboxylic acids is 1. The molecule has 0 unspecified atom stereocenters. The first-order valence-corrected chi connectivity index (χ1v) is 7.43. The standard InChI is InChI=1S/C17H22N4O2/c1-12-6-5-7-13(10-12)8-9-15(22)19-14-11-18-17(23-4)20-16(14)21(2)3/h5-7,10-11H,8-9H2,1-4H3,(H,19,22). The minimum absolute atomic E-state index is 0.0663. The van der Waals surface area contributed by atoms with E-state index in [9.17, 15) is 4.79 Å². The number of amides is 1. The molecule has 1 amide bonds. The van der Waals surface area contributed by atoms with E-state index in [-0.39, 0.29) is 11.9 Å². The minimum Gasteiger partial charge on any atom is -0.467 e. The van der Waals surface area contributed by atoms with Crippen LogP contribution in [0.2, 0.25) is 0 Å². The second-order valence-electron chi connectivity index (χ2n) is 5.53. The normalized spacial score (nSPS) is 10.3. The van der Waals surface area contributed by atoms with Crippen molar-refractivity contribution in [2.75, 3.05) is 31.4 Å². The van der Waals surface area contributed by atoms with Gasteiger partial charge in [-0.2, -0.15) is 4.98 Å². The van der Waals surface area contributed by atoms with E-state index in [4.69, 9.17) is 4.74 Å². The SMILES string of the molecule is COc1ncc(NC(=O)CCc2cccc(C)c2)c(N(C)C)n1. The quantitative estimate of drug-likeness (QED) is 0.887. The zero-order valence-electron chi connectivity index (χ0n) is 14.0. The molecule has 6 nitrogen and oxygen atoms in total. The number of methoxy groups -OCH3 is 1. The molecule has 0 aliphatic heterocycles. The predicted molar refractivity (Wildman–Crippen MR) is 91.0 cm³/mol. The van der Waals surface area contributed by atoms with Crippen LogP contribution in [-0.4, -0.2) is 37.1 Å². The van der Waals surface area contributed by atoms with Crippen LogP contribution in [0.4, 0.5) is 11.5 Å². The van der Waals surface area contributed by atoms with Gasteiger partial charge in [0.2, 0.25) is 5.91 Å². The van der Waals surface area contributed by atoms with E-state index < -0.39 is 0 Å². The fourth-order valence-electron chi connectivity index (χ4n) is 2.22. The number of hydrogen-bond donors (Lipinski definition) is 1. The average Bonchev–Trinajstić information content (AvgIpc) is 2.53. The van der Waals surface area contributed by atoms with Gasteiger partial charge in [0.15, 0.2) is 5.82 Å². The number of nitrogens with one attached hydrogen (secondary N) is 1. The Hall–Kier alpha value is -2.63. The van der Waals surface area contributed by atoms with Crippen molar-refractivity contribution in [3.05, 3.63) is 41.6 Å². The molecular formula is C17H22N4O2. The third-order valence-electron chi connectivity index (χ3n) is 3.35. The van der Waals surface area contributed by atoms with Gasteiger partial charge in [-0.1, -0.05) is 29.8 Å². The lowest BCUT2D eigenvalue weighted by Crippen LogP contribution is -2.18. The number of rotatable bonds is 6. The van der Waals surface area contributed by atoms with Gasteiger partial charge in [-0.05, 0) is 18.9 Å². The Kier molecular flexibility index (Phi) is 5.51. The monoisotopic (exact) mass is 314 g/mol. The Morgan fingerprint density at radius 1 is 1.35 bits per heavy atom. The maximum absolute atomic E-state index is 12.2. The number of aromatic nitrogens is 2. The first-order chi connectivity index (χ1) is 11.0. The Balaban J connectivity index is 2.02. The van der Waals surface area contributed by atoms with Crippen LogP contribution in [-0.2, 0) is 11.2 Å². The van der Waals surface area contributed by atoms with Crippen LogP contribution in [0, 0.1) is 6.92 Å². The molecule has 0 aliphatic rings. The van der Waals surface area contributed by atoms with E-state index >= 15 is 0 Å². The van der Waals surface area contributed by atoms with Crippen molar-refractivity contribution in [3.8, 4) is 6.01 Å². The van der Waals surface area contributed by atoms with Gasteiger partial charge in [0.1, 0.15) is 5.69 Å². The molecule has 122 valence electrons. The van der Waals surface area contributed by atoms with E-state index in [0.29, 0.717) is 24.3 Å². The van der Waals surface area contributed by atoms with Gasteiger partial charge >= 0.3 is 6.01 Å². The fraction of sp³-hybridized carbons (Fsp3) is 0.353. The minimum atomic E-state index is -0.0663. The van der Waals surface area contributed by atoms with Crippen LogP contribution >= 0.6 is 0 Å². The topological polar surface area (TPSA) is 67.3 Å². The Morgan fingerprint density at radius 2 is 2.13 bits per heavy atom. The predicted octanol–water partition coefficient (Wildman–Crippen LogP) is 2.43. The highest BCUT2D eigenvalue weighted by atomic mass is 16.5. The summed E-state index contributed by atoms with van der Waals surface area (Å²) in [6, 6.07) is 8.44. The molecule has 1 aromatic carbocycles. The van der Waals surface area contributed by atoms with Crippen molar-refractivity contribution in [1.82, 2.24) is 9.97 Å². The lowest BCUT2D eigenvalue weighted by Gasteiger charge is -2.16. The van der Waals surface area contributed by atoms with Crippen molar-refractivity contribution < 1.29 is 9.53 Å². The van der Waals surface area contributed by atoms with Crippen molar-refractivity contribution >= 4 is 17.4 Å². The summed E-state index contributed by atoms with van der Waals surface area (Å²) in [5.74, 6) is 0.545. The van der Waals surface area contributed by atoms with Gasteiger partial charge in [-0.15, -0.1) is 0 Å². The number of benzene rings is 1. The van der Waals surface area contributed by atoms with Crippen LogP contribution in [0.1, 0.15) is 17.5 Å². The maximum atomic E-state index is 12.2. The molecule has 6 heteroatoms. The molecule has 23 heavy (non-hydrogen) atoms. The third-order valence-corrected chi connectivity index (χ3v) is 3.35. The lowest BCUT2D eigenvalue weighted by atomic mass is 10.1. The van der Waals surface area contributed by atoms with Crippen LogP contribution in [0.3, 0.4) is 0 Å². The van der Waals surface area contributed by atoms with Gasteiger partial charge in [0.05, 0.1) is 13.3 Å². The first-order valence-electron chi connectivity index (χ1n) is 7.43. The molecule has 0 fully saturated rings. The molecule has 2 aromatic rings. The number of anilines is 2. The summed E-state index contributed by atoms with van der Waals surface area (Å²) in [6.07, 6.45) is 2.66. The maximum Gasteiger partial charge on any atom is 0.318 e. The number of hydrogen-bond acceptors (Lipinski definition) is 5. The van der Waals surface area contributed by atoms with Gasteiger partial charge in [-0.3, -0.25) is 4.79 Å². The van der Waals surface area contributed by atoms with Gasteiger partial charge in [0, 0.05) is 20.5 Å². The fourth-order valence-corrected chi connectivity index (χ4v) is 2.22. The van der Waals surface area contributed by atoms with Crippen molar-refractivity contribution in [2.45, 2.75) is 19.8 Å². The van der Waals surface area contributed by atoms with E-state index in [1.807, 2.05) is 39.2 Å². The molecule has 0 aliphatic carbocycles. The number of nitrogens with zero attached hydrogens (tertiary/aromatic N) is 3. The number of ether oxygens (including phenoxy) is 1. The number of aryl methyl sites for hydroxylation is 2. The van der Waals surface area contributed by atoms with Crippen LogP contribution in [0.5, 0.6) is 6.01 Å². The summed E-state index contributed by atoms with van der Waals surface area (Å²) in [6.45, 7) is 2.04. The Labute approximate surface area is 136 Å². The van der Waals surface area contributed by atoms with Gasteiger partial charge < -0.3 is 15.0 Å². The molecule has 0 bridgehead atoms. The summed E-state index contributed by atoms with van der Waals surface area (Å²) < 4.78 is 5.02. The molecular weight excluding hydrogens is 292 g/mol. The van der Waals surface area contributed by atoms with Crippen LogP contribution in [0.25, 0.3) is 0 Å². The second kappa shape index (κ2) is 7.58. The Bertz CT molecular complexity index is 686. The van der Waals surface area contributed by atoms with E-state index in [0.717, 1.165) is 5.56 Å². The highest BCUT2D eigenvalue weighted by Gasteiger charge is 2.12. The highest BCUT2D eigenvalue weighted by Crippen LogP contribution is 2.23. The molecule has 0 atom stereocenters. The smallest absolute Gasteiger partial charge is 0.318 e. The molecule has 0 saturated carbocycles. The summed E-state index contributed by atoms with van der Waals surface area (Å²) in [5, 5.41) is 2.87. The van der Waals surface area contributed by atoms with Crippen LogP contribution < -0.4 is 15.0 Å². The lowest BCUT2D eigenvalue weighted by molar-refractivity contribution is -0.116. The van der Waals surface area contributed by atoms with Gasteiger partial charge in [-0.25, -0.2) is 4.98 Å². The Morgan fingerprint density at radius 3 is 2.78 bits per heavy atom. The van der Waals surface area contributed by atoms with E-state index in [2.05, 4.69) is 21.4 Å². The zero-order chi connectivity index (χ0) is 16.8. The molecule has 2 rings (SSSR count). The van der Waals surface area contributed by atoms with E-state index in [1.54, 1.807) is 11.1 Å². The first kappa shape index (κ1) is 16.7. The van der Waals surface area contributed by atoms with Gasteiger partial charge in [0.25, 0.3) is 0 Å². The van der Waals surface area contributed by atoms with E-state index in [1.165, 1.54) is 12.7 Å². The third kappa shape index (κ3) is 4.67. The molecule has 0 radical (unpaired) electrons. The molecule has 1 heterocycles. The van der Waals surface area contributed by atoms with Crippen molar-refractivity contribution in [1.29, 1.82) is 0 Å². The summed E-state index contributed by atoms with van der Waals surface area (Å²) >= 11 is 0. The molecule has 0 saturated heterocycles. The average molecular weight is 314 g/mol. The van der Waals surface area contributed by atoms with Crippen molar-refractivity contribution in [2.24, 2.45) is 0 Å². The second-order valence-corrected chi connectivity index (χ2v) is 5.53. The van der Waals surface area contributed by atoms with Crippen LogP contribution in [0.15, 0.2) is 30.5 Å².